The number of nitrogens with one attached hydrogen (secondary N) is 1. The summed E-state index contributed by atoms with van der Waals surface area (Å²) in [5.41, 5.74) is 4.42. The molecule has 0 radical (unpaired) electrons. The number of anilines is 1. The van der Waals surface area contributed by atoms with E-state index in [2.05, 4.69) is 24.3 Å². The van der Waals surface area contributed by atoms with Crippen molar-refractivity contribution < 1.29 is 9.47 Å². The number of ether oxygens (including phenoxy) is 2. The highest BCUT2D eigenvalue weighted by Gasteiger charge is 2.08. The van der Waals surface area contributed by atoms with Crippen molar-refractivity contribution >= 4 is 16.7 Å². The van der Waals surface area contributed by atoms with E-state index in [1.165, 1.54) is 0 Å². The summed E-state index contributed by atoms with van der Waals surface area (Å²) in [6.07, 6.45) is 0. The molecule has 0 amide bonds. The van der Waals surface area contributed by atoms with Gasteiger partial charge in [-0.05, 0) is 24.1 Å². The van der Waals surface area contributed by atoms with Gasteiger partial charge in [0.25, 0.3) is 0 Å². The fourth-order valence-corrected chi connectivity index (χ4v) is 1.96. The maximum Gasteiger partial charge on any atom is 0.146 e. The molecule has 0 aliphatic carbocycles. The summed E-state index contributed by atoms with van der Waals surface area (Å²) in [4.78, 5) is 4.50. The number of rotatable bonds is 6. The number of hydrogen-bond donors (Lipinski definition) is 2. The fourth-order valence-electron chi connectivity index (χ4n) is 1.96. The van der Waals surface area contributed by atoms with Crippen LogP contribution in [0.5, 0.6) is 5.75 Å². The van der Waals surface area contributed by atoms with Crippen molar-refractivity contribution in [2.75, 3.05) is 19.1 Å². The molecule has 0 aliphatic heterocycles. The molecule has 0 saturated heterocycles. The summed E-state index contributed by atoms with van der Waals surface area (Å²) >= 11 is 0. The molecule has 2 rings (SSSR count). The third-order valence-corrected chi connectivity index (χ3v) is 2.95. The Morgan fingerprint density at radius 2 is 2.10 bits per heavy atom. The Bertz CT molecular complexity index is 585. The second-order valence-electron chi connectivity index (χ2n) is 5.11. The third kappa shape index (κ3) is 3.37. The average Bonchev–Trinajstić information content (AvgIpc) is 2.45. The highest BCUT2D eigenvalue weighted by Crippen LogP contribution is 2.24. The minimum atomic E-state index is 0.493. The van der Waals surface area contributed by atoms with Gasteiger partial charge in [-0.3, -0.25) is 0 Å². The van der Waals surface area contributed by atoms with Crippen LogP contribution in [0.4, 0.5) is 5.82 Å². The topological polar surface area (TPSA) is 69.4 Å². The number of aromatic nitrogens is 1. The minimum absolute atomic E-state index is 0.493. The molecule has 5 nitrogen and oxygen atoms in total. The Balaban J connectivity index is 2.29. The van der Waals surface area contributed by atoms with Crippen LogP contribution in [0.1, 0.15) is 19.4 Å². The van der Waals surface area contributed by atoms with Crippen molar-refractivity contribution in [2.24, 2.45) is 11.8 Å². The molecule has 1 heterocycles. The van der Waals surface area contributed by atoms with E-state index in [1.807, 2.05) is 24.3 Å². The van der Waals surface area contributed by atoms with Gasteiger partial charge in [-0.2, -0.15) is 0 Å². The summed E-state index contributed by atoms with van der Waals surface area (Å²) in [5, 5.41) is 1.04. The Morgan fingerprint density at radius 1 is 1.30 bits per heavy atom. The third-order valence-electron chi connectivity index (χ3n) is 2.95. The van der Waals surface area contributed by atoms with Gasteiger partial charge in [0.2, 0.25) is 0 Å². The van der Waals surface area contributed by atoms with Crippen LogP contribution in [-0.2, 0) is 11.3 Å². The molecule has 3 N–H and O–H groups in total. The SMILES string of the molecule is COc1ccc2cc(COCC(C)C)c(NN)nc2c1. The van der Waals surface area contributed by atoms with Crippen LogP contribution >= 0.6 is 0 Å². The first-order chi connectivity index (χ1) is 9.63. The minimum Gasteiger partial charge on any atom is -0.497 e. The Labute approximate surface area is 119 Å². The number of hydrogen-bond acceptors (Lipinski definition) is 5. The Kier molecular flexibility index (Phi) is 4.76. The second-order valence-corrected chi connectivity index (χ2v) is 5.11. The van der Waals surface area contributed by atoms with Crippen LogP contribution in [0.3, 0.4) is 0 Å². The smallest absolute Gasteiger partial charge is 0.146 e. The van der Waals surface area contributed by atoms with Crippen molar-refractivity contribution in [1.82, 2.24) is 4.98 Å². The van der Waals surface area contributed by atoms with Crippen LogP contribution in [0, 0.1) is 5.92 Å². The standard InChI is InChI=1S/C15H21N3O2/c1-10(2)8-20-9-12-6-11-4-5-13(19-3)7-14(11)17-15(12)18-16/h4-7,10H,8-9,16H2,1-3H3,(H,17,18). The zero-order valence-corrected chi connectivity index (χ0v) is 12.1. The van der Waals surface area contributed by atoms with Gasteiger partial charge in [0.05, 0.1) is 19.2 Å². The highest BCUT2D eigenvalue weighted by atomic mass is 16.5. The van der Waals surface area contributed by atoms with Gasteiger partial charge in [-0.15, -0.1) is 0 Å². The largest absolute Gasteiger partial charge is 0.497 e. The van der Waals surface area contributed by atoms with Crippen LogP contribution in [0.15, 0.2) is 24.3 Å². The lowest BCUT2D eigenvalue weighted by molar-refractivity contribution is 0.0973. The molecule has 1 aromatic carbocycles. The lowest BCUT2D eigenvalue weighted by atomic mass is 10.1. The van der Waals surface area contributed by atoms with Crippen molar-refractivity contribution in [1.29, 1.82) is 0 Å². The van der Waals surface area contributed by atoms with E-state index in [0.29, 0.717) is 24.9 Å². The van der Waals surface area contributed by atoms with Gasteiger partial charge in [0, 0.05) is 23.6 Å². The first-order valence-corrected chi connectivity index (χ1v) is 6.66. The Morgan fingerprint density at radius 3 is 2.75 bits per heavy atom. The molecule has 5 heteroatoms. The number of nitrogen functional groups attached to an aromatic ring is 1. The lowest BCUT2D eigenvalue weighted by Crippen LogP contribution is -2.12. The summed E-state index contributed by atoms with van der Waals surface area (Å²) in [6, 6.07) is 7.82. The van der Waals surface area contributed by atoms with Crippen LogP contribution in [0.2, 0.25) is 0 Å². The van der Waals surface area contributed by atoms with Crippen molar-refractivity contribution in [3.05, 3.63) is 29.8 Å². The van der Waals surface area contributed by atoms with E-state index in [4.69, 9.17) is 15.3 Å². The molecular weight excluding hydrogens is 254 g/mol. The number of pyridine rings is 1. The first-order valence-electron chi connectivity index (χ1n) is 6.66. The molecule has 0 atom stereocenters. The predicted octanol–water partition coefficient (Wildman–Crippen LogP) is 2.70. The maximum absolute atomic E-state index is 5.66. The van der Waals surface area contributed by atoms with Crippen LogP contribution in [-0.4, -0.2) is 18.7 Å². The van der Waals surface area contributed by atoms with Gasteiger partial charge >= 0.3 is 0 Å². The molecule has 0 unspecified atom stereocenters. The number of hydrazine groups is 1. The van der Waals surface area contributed by atoms with Gasteiger partial charge < -0.3 is 14.9 Å². The fraction of sp³-hybridized carbons (Fsp3) is 0.400. The number of nitrogens with two attached hydrogens (primary N) is 1. The van der Waals surface area contributed by atoms with E-state index < -0.39 is 0 Å². The van der Waals surface area contributed by atoms with Crippen molar-refractivity contribution in [2.45, 2.75) is 20.5 Å². The first kappa shape index (κ1) is 14.6. The highest BCUT2D eigenvalue weighted by molar-refractivity contribution is 5.83. The molecule has 0 aliphatic rings. The number of nitrogens with zero attached hydrogens (tertiary/aromatic N) is 1. The van der Waals surface area contributed by atoms with E-state index in [-0.39, 0.29) is 0 Å². The van der Waals surface area contributed by atoms with Gasteiger partial charge in [0.15, 0.2) is 0 Å². The lowest BCUT2D eigenvalue weighted by Gasteiger charge is -2.12. The average molecular weight is 275 g/mol. The van der Waals surface area contributed by atoms with Crippen LogP contribution < -0.4 is 16.0 Å². The zero-order chi connectivity index (χ0) is 14.5. The van der Waals surface area contributed by atoms with Crippen molar-refractivity contribution in [3.63, 3.8) is 0 Å². The summed E-state index contributed by atoms with van der Waals surface area (Å²) < 4.78 is 10.9. The molecule has 1 aromatic heterocycles. The van der Waals surface area contributed by atoms with Gasteiger partial charge in [0.1, 0.15) is 11.6 Å². The molecule has 0 bridgehead atoms. The molecule has 20 heavy (non-hydrogen) atoms. The van der Waals surface area contributed by atoms with Gasteiger partial charge in [-0.1, -0.05) is 13.8 Å². The van der Waals surface area contributed by atoms with Gasteiger partial charge in [-0.25, -0.2) is 10.8 Å². The molecule has 2 aromatic rings. The molecule has 108 valence electrons. The number of methoxy groups -OCH3 is 1. The summed E-state index contributed by atoms with van der Waals surface area (Å²) in [7, 11) is 1.64. The zero-order valence-electron chi connectivity index (χ0n) is 12.1. The monoisotopic (exact) mass is 275 g/mol. The Hall–Kier alpha value is -1.85. The normalized spacial score (nSPS) is 11.1. The van der Waals surface area contributed by atoms with Crippen molar-refractivity contribution in [3.8, 4) is 5.75 Å². The molecule has 0 fully saturated rings. The molecular formula is C15H21N3O2. The molecule has 0 saturated carbocycles. The summed E-state index contributed by atoms with van der Waals surface area (Å²) in [6.45, 7) is 5.44. The second kappa shape index (κ2) is 6.54. The van der Waals surface area contributed by atoms with Crippen LogP contribution in [0.25, 0.3) is 10.9 Å². The predicted molar refractivity (Wildman–Crippen MR) is 80.6 cm³/mol. The summed E-state index contributed by atoms with van der Waals surface area (Å²) in [5.74, 6) is 7.45. The van der Waals surface area contributed by atoms with E-state index >= 15 is 0 Å². The van der Waals surface area contributed by atoms with E-state index in [1.54, 1.807) is 7.11 Å². The van der Waals surface area contributed by atoms with E-state index in [9.17, 15) is 0 Å². The quantitative estimate of drug-likeness (QED) is 0.626. The molecule has 0 spiro atoms. The number of benzene rings is 1. The van der Waals surface area contributed by atoms with E-state index in [0.717, 1.165) is 22.2 Å². The maximum atomic E-state index is 5.66. The number of fused-ring (bicyclic) bond motifs is 1.